The van der Waals surface area contributed by atoms with Gasteiger partial charge in [0.1, 0.15) is 0 Å². The zero-order valence-electron chi connectivity index (χ0n) is 10.2. The second kappa shape index (κ2) is 7.29. The quantitative estimate of drug-likeness (QED) is 0.787. The van der Waals surface area contributed by atoms with Gasteiger partial charge in [0, 0.05) is 5.02 Å². The van der Waals surface area contributed by atoms with Gasteiger partial charge >= 0.3 is 0 Å². The number of hydrogen-bond donors (Lipinski definition) is 2. The molecule has 0 saturated heterocycles. The van der Waals surface area contributed by atoms with Crippen LogP contribution in [-0.2, 0) is 4.79 Å². The third-order valence-corrected chi connectivity index (χ3v) is 3.59. The predicted octanol–water partition coefficient (Wildman–Crippen LogP) is 4.29. The molecule has 0 fully saturated rings. The van der Waals surface area contributed by atoms with E-state index < -0.39 is 5.92 Å². The van der Waals surface area contributed by atoms with E-state index in [1.165, 1.54) is 12.1 Å². The molecule has 1 atom stereocenters. The smallest absolute Gasteiger partial charge is 0.234 e. The summed E-state index contributed by atoms with van der Waals surface area (Å²) in [6.07, 6.45) is 1.36. The van der Waals surface area contributed by atoms with Gasteiger partial charge in [0.15, 0.2) is 0 Å². The van der Waals surface area contributed by atoms with Gasteiger partial charge in [-0.15, -0.1) is 0 Å². The molecule has 1 rings (SSSR count). The first-order valence-corrected chi connectivity index (χ1v) is 7.15. The number of halogens is 3. The van der Waals surface area contributed by atoms with Crippen LogP contribution in [0.3, 0.4) is 0 Å². The van der Waals surface area contributed by atoms with Crippen molar-refractivity contribution in [3.63, 3.8) is 0 Å². The fourth-order valence-corrected chi connectivity index (χ4v) is 2.70. The summed E-state index contributed by atoms with van der Waals surface area (Å²) in [5.74, 6) is -0.858. The number of hydrogen-bond acceptors (Lipinski definition) is 2. The lowest BCUT2D eigenvalue weighted by Crippen LogP contribution is -2.33. The van der Waals surface area contributed by atoms with Crippen LogP contribution in [-0.4, -0.2) is 10.9 Å². The van der Waals surface area contributed by atoms with Crippen LogP contribution < -0.4 is 11.1 Å². The molecule has 0 aliphatic rings. The second-order valence-electron chi connectivity index (χ2n) is 3.98. The van der Waals surface area contributed by atoms with Gasteiger partial charge in [-0.05, 0) is 18.6 Å². The normalized spacial score (nSPS) is 12.0. The summed E-state index contributed by atoms with van der Waals surface area (Å²) >= 11 is 22.7. The number of benzene rings is 1. The number of nitrogens with two attached hydrogens (primary N) is 1. The van der Waals surface area contributed by atoms with Crippen molar-refractivity contribution < 1.29 is 4.79 Å². The number of amides is 1. The zero-order valence-corrected chi connectivity index (χ0v) is 13.3. The molecule has 1 amide bonds. The minimum absolute atomic E-state index is 0.153. The number of carbonyl (C=O) groups is 1. The van der Waals surface area contributed by atoms with Crippen LogP contribution in [0.25, 0.3) is 0 Å². The monoisotopic (exact) mass is 338 g/mol. The van der Waals surface area contributed by atoms with Gasteiger partial charge in [0.05, 0.1) is 26.6 Å². The average Bonchev–Trinajstić information content (AvgIpc) is 2.29. The van der Waals surface area contributed by atoms with Crippen molar-refractivity contribution in [2.45, 2.75) is 19.8 Å². The van der Waals surface area contributed by atoms with Crippen LogP contribution >= 0.6 is 47.0 Å². The van der Waals surface area contributed by atoms with E-state index in [0.29, 0.717) is 17.1 Å². The van der Waals surface area contributed by atoms with Gasteiger partial charge in [-0.2, -0.15) is 0 Å². The predicted molar refractivity (Wildman–Crippen MR) is 85.3 cm³/mol. The van der Waals surface area contributed by atoms with Crippen molar-refractivity contribution in [3.8, 4) is 0 Å². The van der Waals surface area contributed by atoms with Crippen LogP contribution in [0.5, 0.6) is 0 Å². The van der Waals surface area contributed by atoms with Crippen molar-refractivity contribution in [3.05, 3.63) is 27.2 Å². The molecule has 19 heavy (non-hydrogen) atoms. The summed E-state index contributed by atoms with van der Waals surface area (Å²) in [5, 5.41) is 3.57. The summed E-state index contributed by atoms with van der Waals surface area (Å²) < 4.78 is 0. The fraction of sp³-hybridized carbons (Fsp3) is 0.333. The van der Waals surface area contributed by atoms with Gasteiger partial charge in [0.2, 0.25) is 5.91 Å². The first-order valence-electron chi connectivity index (χ1n) is 5.61. The number of thiocarbonyl (C=S) groups is 1. The standard InChI is InChI=1S/C12H13Cl3N2OS/c1-2-3-7(11(16)19)12(18)17-10-8(14)4-6(13)5-9(10)15/h4-5,7H,2-3H2,1H3,(H2,16,19)(H,17,18). The Hall–Kier alpha value is -0.550. The number of carbonyl (C=O) groups excluding carboxylic acids is 1. The molecule has 0 radical (unpaired) electrons. The Kier molecular flexibility index (Phi) is 6.33. The molecule has 0 heterocycles. The van der Waals surface area contributed by atoms with Crippen molar-refractivity contribution in [2.24, 2.45) is 11.7 Å². The molecule has 0 bridgehead atoms. The molecule has 0 aliphatic carbocycles. The number of nitrogens with one attached hydrogen (secondary N) is 1. The molecule has 104 valence electrons. The second-order valence-corrected chi connectivity index (χ2v) is 5.70. The molecule has 1 aromatic carbocycles. The molecule has 0 spiro atoms. The maximum atomic E-state index is 12.1. The zero-order chi connectivity index (χ0) is 14.6. The lowest BCUT2D eigenvalue weighted by Gasteiger charge is -2.16. The van der Waals surface area contributed by atoms with Crippen molar-refractivity contribution in [1.29, 1.82) is 0 Å². The van der Waals surface area contributed by atoms with Gasteiger partial charge in [0.25, 0.3) is 0 Å². The van der Waals surface area contributed by atoms with Gasteiger partial charge < -0.3 is 11.1 Å². The third-order valence-electron chi connectivity index (χ3n) is 2.49. The van der Waals surface area contributed by atoms with E-state index in [1.54, 1.807) is 0 Å². The molecular weight excluding hydrogens is 327 g/mol. The van der Waals surface area contributed by atoms with Gasteiger partial charge in [-0.1, -0.05) is 60.4 Å². The maximum Gasteiger partial charge on any atom is 0.234 e. The third kappa shape index (κ3) is 4.49. The minimum atomic E-state index is -0.539. The molecule has 1 unspecified atom stereocenters. The number of anilines is 1. The topological polar surface area (TPSA) is 55.1 Å². The first kappa shape index (κ1) is 16.5. The summed E-state index contributed by atoms with van der Waals surface area (Å²) in [6.45, 7) is 1.95. The lowest BCUT2D eigenvalue weighted by molar-refractivity contribution is -0.118. The van der Waals surface area contributed by atoms with Crippen molar-refractivity contribution in [1.82, 2.24) is 0 Å². The lowest BCUT2D eigenvalue weighted by atomic mass is 10.0. The molecule has 3 nitrogen and oxygen atoms in total. The highest BCUT2D eigenvalue weighted by Gasteiger charge is 2.22. The van der Waals surface area contributed by atoms with Crippen LogP contribution in [0, 0.1) is 5.92 Å². The Morgan fingerprint density at radius 3 is 2.32 bits per heavy atom. The molecular formula is C12H13Cl3N2OS. The Bertz CT molecular complexity index is 485. The summed E-state index contributed by atoms with van der Waals surface area (Å²) in [5.41, 5.74) is 5.88. The van der Waals surface area contributed by atoms with E-state index >= 15 is 0 Å². The van der Waals surface area contributed by atoms with Crippen LogP contribution in [0.4, 0.5) is 5.69 Å². The Balaban J connectivity index is 2.96. The van der Waals surface area contributed by atoms with Crippen molar-refractivity contribution in [2.75, 3.05) is 5.32 Å². The highest BCUT2D eigenvalue weighted by Crippen LogP contribution is 2.34. The Morgan fingerprint density at radius 1 is 1.37 bits per heavy atom. The van der Waals surface area contributed by atoms with Crippen LogP contribution in [0.2, 0.25) is 15.1 Å². The highest BCUT2D eigenvalue weighted by molar-refractivity contribution is 7.80. The molecule has 0 aliphatic heterocycles. The largest absolute Gasteiger partial charge is 0.393 e. The maximum absolute atomic E-state index is 12.1. The van der Waals surface area contributed by atoms with E-state index in [-0.39, 0.29) is 20.9 Å². The molecule has 1 aromatic rings. The SMILES string of the molecule is CCCC(C(=O)Nc1c(Cl)cc(Cl)cc1Cl)C(N)=S. The molecule has 3 N–H and O–H groups in total. The molecule has 7 heteroatoms. The van der Waals surface area contributed by atoms with E-state index in [1.807, 2.05) is 6.92 Å². The highest BCUT2D eigenvalue weighted by atomic mass is 35.5. The van der Waals surface area contributed by atoms with Crippen LogP contribution in [0.15, 0.2) is 12.1 Å². The van der Waals surface area contributed by atoms with E-state index in [9.17, 15) is 4.79 Å². The minimum Gasteiger partial charge on any atom is -0.393 e. The summed E-state index contributed by atoms with van der Waals surface area (Å²) in [4.78, 5) is 12.3. The van der Waals surface area contributed by atoms with E-state index in [2.05, 4.69) is 5.32 Å². The van der Waals surface area contributed by atoms with Crippen LogP contribution in [0.1, 0.15) is 19.8 Å². The molecule has 0 aromatic heterocycles. The summed E-state index contributed by atoms with van der Waals surface area (Å²) in [7, 11) is 0. The number of rotatable bonds is 5. The van der Waals surface area contributed by atoms with Gasteiger partial charge in [-0.3, -0.25) is 4.79 Å². The molecule has 0 saturated carbocycles. The van der Waals surface area contributed by atoms with Crippen molar-refractivity contribution >= 4 is 63.6 Å². The summed E-state index contributed by atoms with van der Waals surface area (Å²) in [6, 6.07) is 3.00. The Labute approximate surface area is 132 Å². The van der Waals surface area contributed by atoms with E-state index in [0.717, 1.165) is 6.42 Å². The fourth-order valence-electron chi connectivity index (χ4n) is 1.56. The average molecular weight is 340 g/mol. The first-order chi connectivity index (χ1) is 8.86. The Morgan fingerprint density at radius 2 is 1.89 bits per heavy atom. The van der Waals surface area contributed by atoms with Gasteiger partial charge in [-0.25, -0.2) is 0 Å². The van der Waals surface area contributed by atoms with E-state index in [4.69, 9.17) is 52.8 Å².